The van der Waals surface area contributed by atoms with E-state index in [0.29, 0.717) is 16.3 Å². The van der Waals surface area contributed by atoms with E-state index in [-0.39, 0.29) is 0 Å². The fraction of sp³-hybridized carbons (Fsp3) is 0. The molecule has 0 radical (unpaired) electrons. The average molecular weight is 153 g/mol. The number of rotatable bonds is 0. The molecule has 3 heteroatoms. The van der Waals surface area contributed by atoms with E-state index in [2.05, 4.69) is 0 Å². The lowest BCUT2D eigenvalue weighted by atomic mass is 10.2. The second-order valence-electron chi connectivity index (χ2n) is 1.89. The van der Waals surface area contributed by atoms with E-state index in [9.17, 15) is 0 Å². The maximum atomic E-state index is 8.42. The molecule has 50 valence electrons. The van der Waals surface area contributed by atoms with Gasteiger partial charge < -0.3 is 5.73 Å². The predicted octanol–water partition coefficient (Wildman–Crippen LogP) is 1.79. The normalized spacial score (nSPS) is 8.80. The van der Waals surface area contributed by atoms with Crippen LogP contribution in [-0.4, -0.2) is 0 Å². The number of nitriles is 1. The van der Waals surface area contributed by atoms with Crippen molar-refractivity contribution >= 4 is 17.3 Å². The summed E-state index contributed by atoms with van der Waals surface area (Å²) in [5.74, 6) is 0. The number of hydrogen-bond acceptors (Lipinski definition) is 2. The van der Waals surface area contributed by atoms with Gasteiger partial charge in [0.25, 0.3) is 0 Å². The first-order valence-corrected chi connectivity index (χ1v) is 3.06. The summed E-state index contributed by atoms with van der Waals surface area (Å²) in [5, 5.41) is 8.92. The Morgan fingerprint density at radius 3 is 2.60 bits per heavy atom. The van der Waals surface area contributed by atoms with Gasteiger partial charge >= 0.3 is 0 Å². The number of nitrogens with two attached hydrogens (primary N) is 1. The van der Waals surface area contributed by atoms with Crippen LogP contribution < -0.4 is 5.73 Å². The van der Waals surface area contributed by atoms with Crippen molar-refractivity contribution in [3.05, 3.63) is 28.8 Å². The molecular weight excluding hydrogens is 148 g/mol. The molecule has 0 bridgehead atoms. The van der Waals surface area contributed by atoms with Gasteiger partial charge in [-0.1, -0.05) is 11.6 Å². The Labute approximate surface area is 63.8 Å². The Bertz CT molecular complexity index is 268. The van der Waals surface area contributed by atoms with Gasteiger partial charge in [-0.25, -0.2) is 0 Å². The van der Waals surface area contributed by atoms with Gasteiger partial charge in [0.15, 0.2) is 0 Å². The number of halogens is 1. The van der Waals surface area contributed by atoms with Gasteiger partial charge in [-0.15, -0.1) is 0 Å². The highest BCUT2D eigenvalue weighted by atomic mass is 35.5. The topological polar surface area (TPSA) is 49.8 Å². The maximum absolute atomic E-state index is 8.42. The molecule has 0 saturated heterocycles. The highest BCUT2D eigenvalue weighted by molar-refractivity contribution is 6.30. The van der Waals surface area contributed by atoms with Crippen molar-refractivity contribution in [1.29, 1.82) is 5.26 Å². The van der Waals surface area contributed by atoms with E-state index in [1.54, 1.807) is 18.2 Å². The van der Waals surface area contributed by atoms with Crippen LogP contribution in [0.3, 0.4) is 0 Å². The first-order chi connectivity index (χ1) is 4.72. The van der Waals surface area contributed by atoms with Crippen LogP contribution in [0.4, 0.5) is 5.69 Å². The molecule has 0 aromatic heterocycles. The smallest absolute Gasteiger partial charge is 0.0992 e. The van der Waals surface area contributed by atoms with Crippen LogP contribution in [-0.2, 0) is 0 Å². The van der Waals surface area contributed by atoms with Crippen LogP contribution >= 0.6 is 11.6 Å². The Hall–Kier alpha value is -1.20. The number of hydrogen-bond donors (Lipinski definition) is 1. The first kappa shape index (κ1) is 6.91. The fourth-order valence-corrected chi connectivity index (χ4v) is 0.920. The van der Waals surface area contributed by atoms with Crippen molar-refractivity contribution in [3.8, 4) is 6.07 Å². The van der Waals surface area contributed by atoms with E-state index >= 15 is 0 Å². The molecule has 0 amide bonds. The number of anilines is 1. The van der Waals surface area contributed by atoms with E-state index < -0.39 is 0 Å². The summed E-state index contributed by atoms with van der Waals surface area (Å²) in [5.41, 5.74) is 6.41. The van der Waals surface area contributed by atoms with Crippen molar-refractivity contribution in [2.24, 2.45) is 0 Å². The molecule has 0 saturated carbocycles. The van der Waals surface area contributed by atoms with Crippen LogP contribution in [0.1, 0.15) is 5.56 Å². The second-order valence-corrected chi connectivity index (χ2v) is 2.32. The Morgan fingerprint density at radius 1 is 1.40 bits per heavy atom. The molecular formula is C7H5ClN2. The fourth-order valence-electron chi connectivity index (χ4n) is 0.677. The molecule has 0 fully saturated rings. The van der Waals surface area contributed by atoms with Gasteiger partial charge in [-0.05, 0) is 18.2 Å². The van der Waals surface area contributed by atoms with Gasteiger partial charge in [-0.2, -0.15) is 5.26 Å². The summed E-state index contributed by atoms with van der Waals surface area (Å²) in [4.78, 5) is 0. The summed E-state index contributed by atoms with van der Waals surface area (Å²) in [7, 11) is 0. The SMILES string of the molecule is N#Cc1cc(N)cc(Cl)c1. The van der Waals surface area contributed by atoms with Crippen molar-refractivity contribution in [2.75, 3.05) is 5.73 Å². The summed E-state index contributed by atoms with van der Waals surface area (Å²) < 4.78 is 0. The number of benzene rings is 1. The van der Waals surface area contributed by atoms with Crippen molar-refractivity contribution in [1.82, 2.24) is 0 Å². The van der Waals surface area contributed by atoms with Crippen molar-refractivity contribution in [2.45, 2.75) is 0 Å². The zero-order valence-corrected chi connectivity index (χ0v) is 5.89. The summed E-state index contributed by atoms with van der Waals surface area (Å²) >= 11 is 5.60. The van der Waals surface area contributed by atoms with Crippen LogP contribution in [0, 0.1) is 11.3 Å². The van der Waals surface area contributed by atoms with E-state index in [1.807, 2.05) is 6.07 Å². The summed E-state index contributed by atoms with van der Waals surface area (Å²) in [6.45, 7) is 0. The van der Waals surface area contributed by atoms with E-state index in [4.69, 9.17) is 22.6 Å². The molecule has 1 rings (SSSR count). The van der Waals surface area contributed by atoms with Gasteiger partial charge in [0.2, 0.25) is 0 Å². The highest BCUT2D eigenvalue weighted by Gasteiger charge is 1.93. The van der Waals surface area contributed by atoms with Crippen molar-refractivity contribution < 1.29 is 0 Å². The zero-order valence-electron chi connectivity index (χ0n) is 5.13. The third-order valence-electron chi connectivity index (χ3n) is 1.05. The van der Waals surface area contributed by atoms with Gasteiger partial charge in [-0.3, -0.25) is 0 Å². The molecule has 2 nitrogen and oxygen atoms in total. The highest BCUT2D eigenvalue weighted by Crippen LogP contribution is 2.15. The Morgan fingerprint density at radius 2 is 2.10 bits per heavy atom. The van der Waals surface area contributed by atoms with Crippen LogP contribution in [0.2, 0.25) is 5.02 Å². The number of nitrogens with zero attached hydrogens (tertiary/aromatic N) is 1. The molecule has 0 heterocycles. The Kier molecular flexibility index (Phi) is 1.79. The zero-order chi connectivity index (χ0) is 7.56. The molecule has 1 aromatic carbocycles. The third-order valence-corrected chi connectivity index (χ3v) is 1.27. The number of nitrogen functional groups attached to an aromatic ring is 1. The molecule has 0 aliphatic rings. The minimum Gasteiger partial charge on any atom is -0.399 e. The minimum absolute atomic E-state index is 0.491. The molecule has 0 spiro atoms. The summed E-state index contributed by atoms with van der Waals surface area (Å²) in [6.07, 6.45) is 0. The van der Waals surface area contributed by atoms with Gasteiger partial charge in [0.1, 0.15) is 0 Å². The standard InChI is InChI=1S/C7H5ClN2/c8-6-1-5(4-9)2-7(10)3-6/h1-3H,10H2. The third kappa shape index (κ3) is 1.40. The van der Waals surface area contributed by atoms with Crippen molar-refractivity contribution in [3.63, 3.8) is 0 Å². The molecule has 2 N–H and O–H groups in total. The quantitative estimate of drug-likeness (QED) is 0.577. The lowest BCUT2D eigenvalue weighted by molar-refractivity contribution is 1.48. The summed E-state index contributed by atoms with van der Waals surface area (Å²) in [6, 6.07) is 6.69. The van der Waals surface area contributed by atoms with Gasteiger partial charge in [0, 0.05) is 10.7 Å². The first-order valence-electron chi connectivity index (χ1n) is 2.68. The second kappa shape index (κ2) is 2.59. The molecule has 0 aliphatic heterocycles. The van der Waals surface area contributed by atoms with Crippen LogP contribution in [0.25, 0.3) is 0 Å². The molecule has 0 unspecified atom stereocenters. The molecule has 1 aromatic rings. The van der Waals surface area contributed by atoms with Gasteiger partial charge in [0.05, 0.1) is 11.6 Å². The molecule has 10 heavy (non-hydrogen) atoms. The van der Waals surface area contributed by atoms with E-state index in [1.165, 1.54) is 0 Å². The van der Waals surface area contributed by atoms with E-state index in [0.717, 1.165) is 0 Å². The average Bonchev–Trinajstić information content (AvgIpc) is 1.85. The minimum atomic E-state index is 0.491. The predicted molar refractivity (Wildman–Crippen MR) is 40.6 cm³/mol. The lowest BCUT2D eigenvalue weighted by Crippen LogP contribution is -1.85. The molecule has 0 atom stereocenters. The largest absolute Gasteiger partial charge is 0.399 e. The maximum Gasteiger partial charge on any atom is 0.0992 e. The van der Waals surface area contributed by atoms with Crippen LogP contribution in [0.15, 0.2) is 18.2 Å². The Balaban J connectivity index is 3.22. The van der Waals surface area contributed by atoms with Crippen LogP contribution in [0.5, 0.6) is 0 Å². The molecule has 0 aliphatic carbocycles. The monoisotopic (exact) mass is 152 g/mol. The lowest BCUT2D eigenvalue weighted by Gasteiger charge is -1.93.